The van der Waals surface area contributed by atoms with Crippen LogP contribution in [0.4, 0.5) is 14.5 Å². The predicted octanol–water partition coefficient (Wildman–Crippen LogP) is 4.88. The number of sulfone groups is 1. The zero-order valence-electron chi connectivity index (χ0n) is 22.6. The summed E-state index contributed by atoms with van der Waals surface area (Å²) in [6.45, 7) is 0. The van der Waals surface area contributed by atoms with Gasteiger partial charge in [-0.2, -0.15) is 5.10 Å². The van der Waals surface area contributed by atoms with Crippen LogP contribution in [0.15, 0.2) is 78.0 Å². The molecule has 9 nitrogen and oxygen atoms in total. The van der Waals surface area contributed by atoms with Crippen molar-refractivity contribution >= 4 is 33.0 Å². The maximum atomic E-state index is 13.9. The lowest BCUT2D eigenvalue weighted by Gasteiger charge is -2.45. The number of benzene rings is 2. The molecule has 0 spiro atoms. The molecule has 2 bridgehead atoms. The number of aliphatic hydroxyl groups excluding tert-OH is 1. The van der Waals surface area contributed by atoms with Crippen LogP contribution in [0.25, 0.3) is 5.82 Å². The molecule has 5 atom stereocenters. The van der Waals surface area contributed by atoms with Crippen molar-refractivity contribution < 1.29 is 32.2 Å². The molecule has 4 aromatic rings. The van der Waals surface area contributed by atoms with Crippen LogP contribution in [0, 0.1) is 23.5 Å². The first-order valence-electron chi connectivity index (χ1n) is 13.7. The summed E-state index contributed by atoms with van der Waals surface area (Å²) in [7, 11) is -4.08. The Hall–Kier alpha value is -3.71. The predicted molar refractivity (Wildman–Crippen MR) is 153 cm³/mol. The van der Waals surface area contributed by atoms with E-state index in [1.165, 1.54) is 22.9 Å². The van der Waals surface area contributed by atoms with Gasteiger partial charge in [0.15, 0.2) is 27.3 Å². The van der Waals surface area contributed by atoms with E-state index in [2.05, 4.69) is 15.4 Å². The second-order valence-electron chi connectivity index (χ2n) is 11.0. The lowest BCUT2D eigenvalue weighted by molar-refractivity contribution is -0.145. The Bertz CT molecular complexity index is 1790. The van der Waals surface area contributed by atoms with E-state index in [9.17, 15) is 32.2 Å². The van der Waals surface area contributed by atoms with Crippen LogP contribution in [0.3, 0.4) is 0 Å². The van der Waals surface area contributed by atoms with E-state index < -0.39 is 56.2 Å². The third-order valence-corrected chi connectivity index (χ3v) is 11.3. The maximum absolute atomic E-state index is 13.9. The minimum Gasteiger partial charge on any atom is -0.386 e. The van der Waals surface area contributed by atoms with Crippen LogP contribution in [0.1, 0.15) is 47.8 Å². The summed E-state index contributed by atoms with van der Waals surface area (Å²) in [4.78, 5) is 17.1. The highest BCUT2D eigenvalue weighted by molar-refractivity contribution is 7.92. The molecule has 2 aliphatic rings. The molecular formula is C30H27ClF2N4O5S. The lowest BCUT2D eigenvalue weighted by Crippen LogP contribution is -2.52. The summed E-state index contributed by atoms with van der Waals surface area (Å²) >= 11 is 6.33. The quantitative estimate of drug-likeness (QED) is 0.266. The minimum atomic E-state index is -4.08. The van der Waals surface area contributed by atoms with Crippen molar-refractivity contribution in [1.29, 1.82) is 0 Å². The monoisotopic (exact) mass is 628 g/mol. The second-order valence-corrected chi connectivity index (χ2v) is 13.6. The molecule has 2 heterocycles. The normalized spacial score (nSPS) is 24.1. The number of anilines is 1. The number of carbonyl (C=O) groups excluding carboxylic acids is 1. The highest BCUT2D eigenvalue weighted by Gasteiger charge is 2.59. The van der Waals surface area contributed by atoms with Gasteiger partial charge in [0.25, 0.3) is 5.91 Å². The smallest absolute Gasteiger partial charge is 0.255 e. The van der Waals surface area contributed by atoms with Crippen LogP contribution in [-0.4, -0.2) is 50.2 Å². The van der Waals surface area contributed by atoms with Gasteiger partial charge in [-0.1, -0.05) is 17.7 Å². The Balaban J connectivity index is 1.23. The Kier molecular flexibility index (Phi) is 7.57. The standard InChI is InChI=1S/C30H27ClF2N4O5S/c31-22-9-5-17(29(39)35-20-8-10-23(32)24(33)16-20)13-26(22)43(41,42)21-14-18-6-7-19(15-21)30(18,40)28(38)25-3-1-4-27(36-25)37-12-2-11-34-37/h1-5,8-13,16,18-19,21,28,38,40H,6-7,14-15H2,(H,35,39)/t18-,19?,21?,28?,30?/m0/s1. The first-order valence-corrected chi connectivity index (χ1v) is 15.6. The molecule has 2 aliphatic carbocycles. The molecule has 6 rings (SSSR count). The molecule has 43 heavy (non-hydrogen) atoms. The van der Waals surface area contributed by atoms with Gasteiger partial charge in [0.1, 0.15) is 11.7 Å². The van der Waals surface area contributed by atoms with Gasteiger partial charge in [-0.3, -0.25) is 4.79 Å². The molecule has 0 radical (unpaired) electrons. The molecular weight excluding hydrogens is 602 g/mol. The van der Waals surface area contributed by atoms with Crippen molar-refractivity contribution in [2.75, 3.05) is 5.32 Å². The van der Waals surface area contributed by atoms with Gasteiger partial charge >= 0.3 is 0 Å². The SMILES string of the molecule is O=C(Nc1ccc(F)c(F)c1)c1ccc(Cl)c(S(=O)(=O)C2CC3CC[C@@H](C2)C3(O)C(O)c2cccc(-n3cccn3)n2)c1. The topological polar surface area (TPSA) is 134 Å². The first kappa shape index (κ1) is 29.4. The van der Waals surface area contributed by atoms with Crippen molar-refractivity contribution in [2.24, 2.45) is 11.8 Å². The fraction of sp³-hybridized carbons (Fsp3) is 0.300. The van der Waals surface area contributed by atoms with Crippen LogP contribution in [0.5, 0.6) is 0 Å². The van der Waals surface area contributed by atoms with E-state index in [-0.39, 0.29) is 39.7 Å². The molecule has 3 N–H and O–H groups in total. The number of amides is 1. The molecule has 1 amide bonds. The fourth-order valence-corrected chi connectivity index (χ4v) is 8.82. The average molecular weight is 629 g/mol. The summed E-state index contributed by atoms with van der Waals surface area (Å²) in [5, 5.41) is 28.9. The molecule has 2 saturated carbocycles. The number of nitrogens with one attached hydrogen (secondary N) is 1. The van der Waals surface area contributed by atoms with Gasteiger partial charge in [0.2, 0.25) is 0 Å². The zero-order chi connectivity index (χ0) is 30.5. The number of hydrogen-bond acceptors (Lipinski definition) is 7. The van der Waals surface area contributed by atoms with Gasteiger partial charge in [0, 0.05) is 29.7 Å². The first-order chi connectivity index (χ1) is 20.5. The summed E-state index contributed by atoms with van der Waals surface area (Å²) < 4.78 is 56.2. The van der Waals surface area contributed by atoms with E-state index in [1.807, 2.05) is 0 Å². The lowest BCUT2D eigenvalue weighted by atomic mass is 9.70. The summed E-state index contributed by atoms with van der Waals surface area (Å²) in [6.07, 6.45) is 3.15. The number of nitrogens with zero attached hydrogens (tertiary/aromatic N) is 3. The number of hydrogen-bond donors (Lipinski definition) is 3. The highest BCUT2D eigenvalue weighted by Crippen LogP contribution is 2.56. The van der Waals surface area contributed by atoms with Gasteiger partial charge in [-0.25, -0.2) is 26.9 Å². The molecule has 0 saturated heterocycles. The Morgan fingerprint density at radius 3 is 2.47 bits per heavy atom. The van der Waals surface area contributed by atoms with E-state index in [4.69, 9.17) is 11.6 Å². The largest absolute Gasteiger partial charge is 0.386 e. The number of fused-ring (bicyclic) bond motifs is 2. The van der Waals surface area contributed by atoms with E-state index in [0.29, 0.717) is 18.7 Å². The number of carbonyl (C=O) groups is 1. The summed E-state index contributed by atoms with van der Waals surface area (Å²) in [5.74, 6) is -3.54. The van der Waals surface area contributed by atoms with Crippen molar-refractivity contribution in [3.63, 3.8) is 0 Å². The zero-order valence-corrected chi connectivity index (χ0v) is 24.1. The summed E-state index contributed by atoms with van der Waals surface area (Å²) in [6, 6.07) is 13.4. The molecule has 224 valence electrons. The van der Waals surface area contributed by atoms with Gasteiger partial charge in [-0.15, -0.1) is 0 Å². The van der Waals surface area contributed by atoms with Crippen LogP contribution in [0.2, 0.25) is 5.02 Å². The summed E-state index contributed by atoms with van der Waals surface area (Å²) in [5.41, 5.74) is -1.37. The molecule has 0 aliphatic heterocycles. The molecule has 13 heteroatoms. The molecule has 2 aromatic heterocycles. The average Bonchev–Trinajstić information content (AvgIpc) is 3.57. The molecule has 4 unspecified atom stereocenters. The molecule has 2 aromatic carbocycles. The number of pyridine rings is 1. The van der Waals surface area contributed by atoms with Crippen LogP contribution >= 0.6 is 11.6 Å². The van der Waals surface area contributed by atoms with Gasteiger partial charge in [-0.05, 0) is 86.1 Å². The van der Waals surface area contributed by atoms with Crippen molar-refractivity contribution in [3.8, 4) is 5.82 Å². The Morgan fingerprint density at radius 2 is 1.79 bits per heavy atom. The maximum Gasteiger partial charge on any atom is 0.255 e. The fourth-order valence-electron chi connectivity index (χ4n) is 6.42. The van der Waals surface area contributed by atoms with Gasteiger partial charge < -0.3 is 15.5 Å². The number of aliphatic hydroxyl groups is 2. The van der Waals surface area contributed by atoms with E-state index in [0.717, 1.165) is 18.2 Å². The Morgan fingerprint density at radius 1 is 1.05 bits per heavy atom. The van der Waals surface area contributed by atoms with Crippen molar-refractivity contribution in [1.82, 2.24) is 14.8 Å². The number of rotatable bonds is 7. The van der Waals surface area contributed by atoms with Crippen LogP contribution in [-0.2, 0) is 9.84 Å². The third-order valence-electron chi connectivity index (χ3n) is 8.60. The van der Waals surface area contributed by atoms with Crippen molar-refractivity contribution in [3.05, 3.63) is 101 Å². The van der Waals surface area contributed by atoms with Crippen molar-refractivity contribution in [2.45, 2.75) is 47.5 Å². The van der Waals surface area contributed by atoms with Gasteiger partial charge in [0.05, 0.1) is 20.9 Å². The molecule has 2 fully saturated rings. The van der Waals surface area contributed by atoms with Crippen LogP contribution < -0.4 is 5.32 Å². The third kappa shape index (κ3) is 5.22. The second kappa shape index (κ2) is 11.1. The van der Waals surface area contributed by atoms with E-state index >= 15 is 0 Å². The Labute approximate surface area is 251 Å². The number of aromatic nitrogens is 3. The van der Waals surface area contributed by atoms with E-state index in [1.54, 1.807) is 36.7 Å². The minimum absolute atomic E-state index is 0.00500. The highest BCUT2D eigenvalue weighted by atomic mass is 35.5. The number of halogens is 3.